The first kappa shape index (κ1) is 20.2. The number of benzene rings is 2. The van der Waals surface area contributed by atoms with Crippen LogP contribution in [0.25, 0.3) is 0 Å². The molecule has 0 saturated heterocycles. The molecule has 0 radical (unpaired) electrons. The summed E-state index contributed by atoms with van der Waals surface area (Å²) in [6.45, 7) is 5.87. The normalized spacial score (nSPS) is 11.7. The smallest absolute Gasteiger partial charge is 0.265 e. The SMILES string of the molecule is Cc1ccc(C)c(NC(=O)C(C)Sc2ccc(NC(=O)c3cccs3)cc2)c1. The van der Waals surface area contributed by atoms with E-state index in [9.17, 15) is 9.59 Å². The highest BCUT2D eigenvalue weighted by Gasteiger charge is 2.16. The minimum Gasteiger partial charge on any atom is -0.325 e. The molecule has 2 aromatic carbocycles. The van der Waals surface area contributed by atoms with Gasteiger partial charge in [0.2, 0.25) is 5.91 Å². The lowest BCUT2D eigenvalue weighted by atomic mass is 10.1. The van der Waals surface area contributed by atoms with Crippen molar-refractivity contribution in [3.8, 4) is 0 Å². The topological polar surface area (TPSA) is 58.2 Å². The van der Waals surface area contributed by atoms with Crippen molar-refractivity contribution < 1.29 is 9.59 Å². The lowest BCUT2D eigenvalue weighted by Gasteiger charge is -2.14. The molecule has 3 aromatic rings. The summed E-state index contributed by atoms with van der Waals surface area (Å²) in [5.74, 6) is -0.148. The van der Waals surface area contributed by atoms with Gasteiger partial charge in [0.05, 0.1) is 10.1 Å². The molecule has 6 heteroatoms. The second-order valence-electron chi connectivity index (χ2n) is 6.52. The molecule has 1 heterocycles. The van der Waals surface area contributed by atoms with E-state index in [4.69, 9.17) is 0 Å². The van der Waals surface area contributed by atoms with Gasteiger partial charge in [-0.05, 0) is 73.7 Å². The molecule has 3 rings (SSSR count). The average Bonchev–Trinajstić information content (AvgIpc) is 3.21. The molecule has 2 amide bonds. The zero-order valence-electron chi connectivity index (χ0n) is 16.0. The van der Waals surface area contributed by atoms with Crippen LogP contribution in [0.4, 0.5) is 11.4 Å². The molecule has 0 aliphatic carbocycles. The molecule has 0 saturated carbocycles. The number of hydrogen-bond acceptors (Lipinski definition) is 4. The van der Waals surface area contributed by atoms with Crippen LogP contribution in [-0.2, 0) is 4.79 Å². The number of thiophene rings is 1. The van der Waals surface area contributed by atoms with Gasteiger partial charge in [-0.25, -0.2) is 0 Å². The maximum absolute atomic E-state index is 12.5. The van der Waals surface area contributed by atoms with Crippen LogP contribution in [0.2, 0.25) is 0 Å². The highest BCUT2D eigenvalue weighted by atomic mass is 32.2. The third kappa shape index (κ3) is 5.24. The number of thioether (sulfide) groups is 1. The zero-order chi connectivity index (χ0) is 20.1. The molecular formula is C22H22N2O2S2. The number of carbonyl (C=O) groups is 2. The van der Waals surface area contributed by atoms with Gasteiger partial charge in [-0.3, -0.25) is 9.59 Å². The number of hydrogen-bond donors (Lipinski definition) is 2. The number of carbonyl (C=O) groups excluding carboxylic acids is 2. The van der Waals surface area contributed by atoms with E-state index < -0.39 is 0 Å². The van der Waals surface area contributed by atoms with E-state index in [1.165, 1.54) is 23.1 Å². The average molecular weight is 411 g/mol. The van der Waals surface area contributed by atoms with Crippen LogP contribution < -0.4 is 10.6 Å². The Morgan fingerprint density at radius 3 is 2.43 bits per heavy atom. The molecule has 28 heavy (non-hydrogen) atoms. The highest BCUT2D eigenvalue weighted by Crippen LogP contribution is 2.26. The maximum atomic E-state index is 12.5. The molecule has 0 spiro atoms. The summed E-state index contributed by atoms with van der Waals surface area (Å²) < 4.78 is 0. The van der Waals surface area contributed by atoms with Crippen molar-refractivity contribution in [3.63, 3.8) is 0 Å². The summed E-state index contributed by atoms with van der Waals surface area (Å²) in [6.07, 6.45) is 0. The van der Waals surface area contributed by atoms with Crippen LogP contribution in [0.1, 0.15) is 27.7 Å². The van der Waals surface area contributed by atoms with Gasteiger partial charge in [-0.2, -0.15) is 0 Å². The Bertz CT molecular complexity index is 967. The van der Waals surface area contributed by atoms with Gasteiger partial charge < -0.3 is 10.6 Å². The Hall–Kier alpha value is -2.57. The van der Waals surface area contributed by atoms with Gasteiger partial charge in [0.1, 0.15) is 0 Å². The van der Waals surface area contributed by atoms with E-state index in [2.05, 4.69) is 10.6 Å². The Kier molecular flexibility index (Phi) is 6.54. The second kappa shape index (κ2) is 9.08. The fraction of sp³-hybridized carbons (Fsp3) is 0.182. The highest BCUT2D eigenvalue weighted by molar-refractivity contribution is 8.00. The monoisotopic (exact) mass is 410 g/mol. The van der Waals surface area contributed by atoms with E-state index in [0.29, 0.717) is 4.88 Å². The first-order valence-electron chi connectivity index (χ1n) is 8.92. The van der Waals surface area contributed by atoms with Crippen LogP contribution in [0, 0.1) is 13.8 Å². The minimum absolute atomic E-state index is 0.0335. The fourth-order valence-corrected chi connectivity index (χ4v) is 4.07. The molecule has 0 bridgehead atoms. The second-order valence-corrected chi connectivity index (χ2v) is 8.89. The number of anilines is 2. The fourth-order valence-electron chi connectivity index (χ4n) is 2.58. The summed E-state index contributed by atoms with van der Waals surface area (Å²) in [5.41, 5.74) is 3.74. The van der Waals surface area contributed by atoms with Crippen molar-refractivity contribution >= 4 is 46.3 Å². The molecule has 0 fully saturated rings. The molecule has 1 aromatic heterocycles. The Balaban J connectivity index is 1.57. The molecule has 1 unspecified atom stereocenters. The largest absolute Gasteiger partial charge is 0.325 e. The number of nitrogens with one attached hydrogen (secondary N) is 2. The number of amides is 2. The molecule has 144 valence electrons. The predicted octanol–water partition coefficient (Wildman–Crippen LogP) is 5.74. The van der Waals surface area contributed by atoms with Gasteiger partial charge in [0, 0.05) is 16.3 Å². The van der Waals surface area contributed by atoms with Gasteiger partial charge in [0.15, 0.2) is 0 Å². The number of aryl methyl sites for hydroxylation is 2. The van der Waals surface area contributed by atoms with Crippen molar-refractivity contribution in [1.29, 1.82) is 0 Å². The summed E-state index contributed by atoms with van der Waals surface area (Å²) in [7, 11) is 0. The van der Waals surface area contributed by atoms with Gasteiger partial charge in [-0.1, -0.05) is 18.2 Å². The Labute approximate surface area is 173 Å². The minimum atomic E-state index is -0.244. The summed E-state index contributed by atoms with van der Waals surface area (Å²) in [6, 6.07) is 17.2. The quantitative estimate of drug-likeness (QED) is 0.510. The summed E-state index contributed by atoms with van der Waals surface area (Å²) in [4.78, 5) is 26.3. The van der Waals surface area contributed by atoms with Gasteiger partial charge in [0.25, 0.3) is 5.91 Å². The first-order chi connectivity index (χ1) is 13.4. The van der Waals surface area contributed by atoms with E-state index >= 15 is 0 Å². The van der Waals surface area contributed by atoms with Crippen molar-refractivity contribution in [2.45, 2.75) is 30.9 Å². The molecule has 0 aliphatic heterocycles. The molecule has 1 atom stereocenters. The van der Waals surface area contributed by atoms with Crippen molar-refractivity contribution in [3.05, 3.63) is 76.0 Å². The van der Waals surface area contributed by atoms with E-state index in [1.807, 2.05) is 74.7 Å². The van der Waals surface area contributed by atoms with Crippen molar-refractivity contribution in [1.82, 2.24) is 0 Å². The van der Waals surface area contributed by atoms with Crippen LogP contribution in [0.5, 0.6) is 0 Å². The van der Waals surface area contributed by atoms with Crippen LogP contribution in [-0.4, -0.2) is 17.1 Å². The first-order valence-corrected chi connectivity index (χ1v) is 10.7. The lowest BCUT2D eigenvalue weighted by Crippen LogP contribution is -2.22. The van der Waals surface area contributed by atoms with Crippen molar-refractivity contribution in [2.24, 2.45) is 0 Å². The molecule has 4 nitrogen and oxygen atoms in total. The zero-order valence-corrected chi connectivity index (χ0v) is 17.6. The maximum Gasteiger partial charge on any atom is 0.265 e. The third-order valence-electron chi connectivity index (χ3n) is 4.19. The molecular weight excluding hydrogens is 388 g/mol. The van der Waals surface area contributed by atoms with Crippen LogP contribution in [0.15, 0.2) is 64.9 Å². The summed E-state index contributed by atoms with van der Waals surface area (Å²) >= 11 is 2.89. The van der Waals surface area contributed by atoms with Crippen LogP contribution in [0.3, 0.4) is 0 Å². The standard InChI is InChI=1S/C22H22N2O2S2/c1-14-6-7-15(2)19(13-14)24-21(25)16(3)28-18-10-8-17(9-11-18)23-22(26)20-5-4-12-27-20/h4-13,16H,1-3H3,(H,23,26)(H,24,25). The van der Waals surface area contributed by atoms with Gasteiger partial charge >= 0.3 is 0 Å². The lowest BCUT2D eigenvalue weighted by molar-refractivity contribution is -0.115. The van der Waals surface area contributed by atoms with E-state index in [1.54, 1.807) is 6.07 Å². The summed E-state index contributed by atoms with van der Waals surface area (Å²) in [5, 5.41) is 7.51. The van der Waals surface area contributed by atoms with E-state index in [-0.39, 0.29) is 17.1 Å². The Morgan fingerprint density at radius 1 is 1.00 bits per heavy atom. The Morgan fingerprint density at radius 2 is 1.75 bits per heavy atom. The van der Waals surface area contributed by atoms with Crippen LogP contribution >= 0.6 is 23.1 Å². The van der Waals surface area contributed by atoms with Gasteiger partial charge in [-0.15, -0.1) is 23.1 Å². The number of rotatable bonds is 6. The van der Waals surface area contributed by atoms with E-state index in [0.717, 1.165) is 27.4 Å². The van der Waals surface area contributed by atoms with Crippen molar-refractivity contribution in [2.75, 3.05) is 10.6 Å². The third-order valence-corrected chi connectivity index (χ3v) is 6.17. The molecule has 0 aliphatic rings. The predicted molar refractivity (Wildman–Crippen MR) is 119 cm³/mol. The molecule has 2 N–H and O–H groups in total.